The fourth-order valence-corrected chi connectivity index (χ4v) is 0.389. The lowest BCUT2D eigenvalue weighted by Gasteiger charge is -1.96. The standard InChI is InChI=1S/C8H12/c1-4-6-7-8(3)5-2/h1,4-6,8H,2,7H2,3H3. The van der Waals surface area contributed by atoms with Gasteiger partial charge < -0.3 is 0 Å². The van der Waals surface area contributed by atoms with E-state index < -0.39 is 0 Å². The molecule has 0 aromatic heterocycles. The Bertz CT molecular complexity index is 80.0. The molecule has 0 heterocycles. The van der Waals surface area contributed by atoms with Crippen molar-refractivity contribution in [1.82, 2.24) is 0 Å². The second-order valence-electron chi connectivity index (χ2n) is 1.88. The molecule has 0 aliphatic carbocycles. The quantitative estimate of drug-likeness (QED) is 0.487. The van der Waals surface area contributed by atoms with Gasteiger partial charge >= 0.3 is 0 Å². The fourth-order valence-electron chi connectivity index (χ4n) is 0.389. The predicted octanol–water partition coefficient (Wildman–Crippen LogP) is 2.47. The van der Waals surface area contributed by atoms with Crippen LogP contribution >= 0.6 is 0 Å². The van der Waals surface area contributed by atoms with Crippen molar-refractivity contribution >= 4 is 0 Å². The third-order valence-corrected chi connectivity index (χ3v) is 1.05. The molecule has 44 valence electrons. The van der Waals surface area contributed by atoms with Gasteiger partial charge in [-0.15, -0.1) is 6.58 Å². The first-order chi connectivity index (χ1) is 3.81. The van der Waals surface area contributed by atoms with Crippen molar-refractivity contribution in [2.75, 3.05) is 0 Å². The van der Waals surface area contributed by atoms with Crippen molar-refractivity contribution < 1.29 is 0 Å². The highest BCUT2D eigenvalue weighted by Crippen LogP contribution is 2.01. The molecule has 0 rings (SSSR count). The summed E-state index contributed by atoms with van der Waals surface area (Å²) in [6, 6.07) is 0. The summed E-state index contributed by atoms with van der Waals surface area (Å²) >= 11 is 0. The zero-order chi connectivity index (χ0) is 6.41. The van der Waals surface area contributed by atoms with Crippen molar-refractivity contribution in [1.29, 1.82) is 0 Å². The van der Waals surface area contributed by atoms with Gasteiger partial charge in [-0.2, -0.15) is 0 Å². The molecule has 2 radical (unpaired) electrons. The Morgan fingerprint density at radius 3 is 2.75 bits per heavy atom. The third kappa shape index (κ3) is 3.66. The summed E-state index contributed by atoms with van der Waals surface area (Å²) in [5, 5.41) is 0. The maximum absolute atomic E-state index is 5.12. The van der Waals surface area contributed by atoms with Gasteiger partial charge in [0.2, 0.25) is 0 Å². The number of hydrogen-bond donors (Lipinski definition) is 0. The maximum atomic E-state index is 5.12. The van der Waals surface area contributed by atoms with Crippen molar-refractivity contribution in [3.8, 4) is 0 Å². The highest BCUT2D eigenvalue weighted by atomic mass is 13.9. The van der Waals surface area contributed by atoms with E-state index in [4.69, 9.17) is 6.92 Å². The highest BCUT2D eigenvalue weighted by Gasteiger charge is 1.87. The lowest BCUT2D eigenvalue weighted by Crippen LogP contribution is -1.82. The van der Waals surface area contributed by atoms with Crippen LogP contribution in [0.4, 0.5) is 0 Å². The summed E-state index contributed by atoms with van der Waals surface area (Å²) in [6.45, 7) is 10.9. The van der Waals surface area contributed by atoms with Gasteiger partial charge in [-0.05, 0) is 19.3 Å². The normalized spacial score (nSPS) is 14.2. The zero-order valence-corrected chi connectivity index (χ0v) is 5.30. The first kappa shape index (κ1) is 7.48. The highest BCUT2D eigenvalue weighted by molar-refractivity contribution is 4.89. The van der Waals surface area contributed by atoms with Gasteiger partial charge in [0.25, 0.3) is 0 Å². The molecule has 0 saturated heterocycles. The molecule has 8 heavy (non-hydrogen) atoms. The van der Waals surface area contributed by atoms with Gasteiger partial charge in [0, 0.05) is 0 Å². The fraction of sp³-hybridized carbons (Fsp3) is 0.375. The van der Waals surface area contributed by atoms with Gasteiger partial charge in [-0.1, -0.05) is 25.2 Å². The van der Waals surface area contributed by atoms with Crippen molar-refractivity contribution in [3.63, 3.8) is 0 Å². The number of allylic oxidation sites excluding steroid dienone is 3. The maximum Gasteiger partial charge on any atom is -0.00958 e. The van der Waals surface area contributed by atoms with E-state index in [1.807, 2.05) is 12.2 Å². The molecule has 0 bridgehead atoms. The Kier molecular flexibility index (Phi) is 4.33. The topological polar surface area (TPSA) is 0 Å². The summed E-state index contributed by atoms with van der Waals surface area (Å²) in [7, 11) is 0. The molecule has 0 aliphatic heterocycles. The molecular weight excluding hydrogens is 96.1 g/mol. The van der Waals surface area contributed by atoms with E-state index in [0.29, 0.717) is 5.92 Å². The van der Waals surface area contributed by atoms with Crippen LogP contribution in [0, 0.1) is 12.8 Å². The molecule has 0 spiro atoms. The Labute approximate surface area is 51.9 Å². The van der Waals surface area contributed by atoms with E-state index in [0.717, 1.165) is 6.42 Å². The monoisotopic (exact) mass is 108 g/mol. The Morgan fingerprint density at radius 1 is 1.75 bits per heavy atom. The Hall–Kier alpha value is -0.520. The summed E-state index contributed by atoms with van der Waals surface area (Å²) in [5.74, 6) is 0.551. The molecule has 1 atom stereocenters. The second-order valence-corrected chi connectivity index (χ2v) is 1.88. The minimum Gasteiger partial charge on any atom is -0.103 e. The molecule has 0 aromatic carbocycles. The minimum absolute atomic E-state index is 0.551. The third-order valence-electron chi connectivity index (χ3n) is 1.05. The summed E-state index contributed by atoms with van der Waals surface area (Å²) in [6.07, 6.45) is 6.42. The largest absolute Gasteiger partial charge is 0.103 e. The SMILES string of the molecule is [CH]C=CCC(C)C=C. The molecule has 0 aromatic rings. The Morgan fingerprint density at radius 2 is 2.38 bits per heavy atom. The van der Waals surface area contributed by atoms with E-state index in [1.165, 1.54) is 0 Å². The van der Waals surface area contributed by atoms with Gasteiger partial charge in [0.1, 0.15) is 0 Å². The van der Waals surface area contributed by atoms with Gasteiger partial charge in [-0.25, -0.2) is 0 Å². The van der Waals surface area contributed by atoms with Gasteiger partial charge in [0.15, 0.2) is 0 Å². The predicted molar refractivity (Wildman–Crippen MR) is 37.4 cm³/mol. The smallest absolute Gasteiger partial charge is 0.00958 e. The van der Waals surface area contributed by atoms with Crippen LogP contribution in [0.25, 0.3) is 0 Å². The van der Waals surface area contributed by atoms with Crippen LogP contribution in [-0.4, -0.2) is 0 Å². The molecular formula is C8H12. The average Bonchev–Trinajstić information content (AvgIpc) is 1.83. The van der Waals surface area contributed by atoms with Crippen LogP contribution in [0.1, 0.15) is 13.3 Å². The van der Waals surface area contributed by atoms with E-state index in [1.54, 1.807) is 6.08 Å². The second kappa shape index (κ2) is 4.63. The molecule has 0 N–H and O–H groups in total. The molecule has 0 heteroatoms. The molecule has 0 amide bonds. The summed E-state index contributed by atoms with van der Waals surface area (Å²) in [5.41, 5.74) is 0. The molecule has 0 aliphatic rings. The van der Waals surface area contributed by atoms with Crippen LogP contribution in [-0.2, 0) is 0 Å². The molecule has 0 nitrogen and oxygen atoms in total. The van der Waals surface area contributed by atoms with Crippen LogP contribution in [0.2, 0.25) is 0 Å². The van der Waals surface area contributed by atoms with Crippen molar-refractivity contribution in [2.45, 2.75) is 13.3 Å². The lowest BCUT2D eigenvalue weighted by atomic mass is 10.1. The van der Waals surface area contributed by atoms with Gasteiger partial charge in [0.05, 0.1) is 0 Å². The van der Waals surface area contributed by atoms with Gasteiger partial charge in [-0.3, -0.25) is 0 Å². The van der Waals surface area contributed by atoms with E-state index in [2.05, 4.69) is 13.5 Å². The van der Waals surface area contributed by atoms with Crippen LogP contribution in [0.3, 0.4) is 0 Å². The Balaban J connectivity index is 3.23. The van der Waals surface area contributed by atoms with E-state index >= 15 is 0 Å². The molecule has 1 unspecified atom stereocenters. The number of hydrogen-bond acceptors (Lipinski definition) is 0. The first-order valence-corrected chi connectivity index (χ1v) is 2.80. The molecule has 0 fully saturated rings. The van der Waals surface area contributed by atoms with Crippen LogP contribution in [0.15, 0.2) is 24.8 Å². The van der Waals surface area contributed by atoms with Crippen LogP contribution in [0.5, 0.6) is 0 Å². The molecule has 0 saturated carbocycles. The number of rotatable bonds is 3. The van der Waals surface area contributed by atoms with E-state index in [9.17, 15) is 0 Å². The first-order valence-electron chi connectivity index (χ1n) is 2.80. The minimum atomic E-state index is 0.551. The van der Waals surface area contributed by atoms with E-state index in [-0.39, 0.29) is 0 Å². The van der Waals surface area contributed by atoms with Crippen molar-refractivity contribution in [3.05, 3.63) is 31.7 Å². The van der Waals surface area contributed by atoms with Crippen LogP contribution < -0.4 is 0 Å². The van der Waals surface area contributed by atoms with Crippen molar-refractivity contribution in [2.24, 2.45) is 5.92 Å². The average molecular weight is 108 g/mol. The summed E-state index contributed by atoms with van der Waals surface area (Å²) in [4.78, 5) is 0. The lowest BCUT2D eigenvalue weighted by molar-refractivity contribution is 0.746. The summed E-state index contributed by atoms with van der Waals surface area (Å²) < 4.78 is 0. The zero-order valence-electron chi connectivity index (χ0n) is 5.30.